The average molecular weight is 287 g/mol. The van der Waals surface area contributed by atoms with E-state index in [1.165, 1.54) is 43.2 Å². The molecule has 1 aliphatic rings. The van der Waals surface area contributed by atoms with Crippen LogP contribution in [0, 0.1) is 11.8 Å². The molecule has 3 atom stereocenters. The fourth-order valence-electron chi connectivity index (χ4n) is 3.81. The van der Waals surface area contributed by atoms with E-state index in [0.717, 1.165) is 18.4 Å². The lowest BCUT2D eigenvalue weighted by Gasteiger charge is -2.34. The third-order valence-corrected chi connectivity index (χ3v) is 5.11. The van der Waals surface area contributed by atoms with Crippen molar-refractivity contribution in [3.63, 3.8) is 0 Å². The molecule has 21 heavy (non-hydrogen) atoms. The van der Waals surface area contributed by atoms with Crippen LogP contribution in [0.5, 0.6) is 0 Å². The average Bonchev–Trinajstić information content (AvgIpc) is 2.47. The van der Waals surface area contributed by atoms with Gasteiger partial charge < -0.3 is 5.32 Å². The van der Waals surface area contributed by atoms with Gasteiger partial charge in [-0.05, 0) is 54.7 Å². The highest BCUT2D eigenvalue weighted by Gasteiger charge is 2.26. The van der Waals surface area contributed by atoms with Gasteiger partial charge in [-0.1, -0.05) is 64.8 Å². The van der Waals surface area contributed by atoms with E-state index in [4.69, 9.17) is 0 Å². The van der Waals surface area contributed by atoms with Gasteiger partial charge in [-0.15, -0.1) is 0 Å². The second-order valence-corrected chi connectivity index (χ2v) is 7.30. The molecule has 2 rings (SSSR count). The topological polar surface area (TPSA) is 12.0 Å². The Morgan fingerprint density at radius 3 is 2.43 bits per heavy atom. The predicted molar refractivity (Wildman–Crippen MR) is 92.8 cm³/mol. The largest absolute Gasteiger partial charge is 0.314 e. The molecule has 0 bridgehead atoms. The maximum atomic E-state index is 3.76. The Hall–Kier alpha value is -0.820. The van der Waals surface area contributed by atoms with E-state index < -0.39 is 0 Å². The molecule has 0 aromatic heterocycles. The normalized spacial score (nSPS) is 24.2. The lowest BCUT2D eigenvalue weighted by atomic mass is 9.77. The molecule has 1 aliphatic carbocycles. The quantitative estimate of drug-likeness (QED) is 0.762. The van der Waals surface area contributed by atoms with Crippen molar-refractivity contribution in [2.24, 2.45) is 11.8 Å². The second kappa shape index (κ2) is 7.98. The Kier molecular flexibility index (Phi) is 6.29. The van der Waals surface area contributed by atoms with E-state index in [1.807, 2.05) is 0 Å². The summed E-state index contributed by atoms with van der Waals surface area (Å²) in [4.78, 5) is 0. The van der Waals surface area contributed by atoms with Crippen LogP contribution in [-0.4, -0.2) is 12.6 Å². The van der Waals surface area contributed by atoms with Crippen LogP contribution in [0.3, 0.4) is 0 Å². The molecule has 0 aliphatic heterocycles. The number of likely N-dealkylation sites (N-methyl/N-ethyl adjacent to an activating group) is 1. The zero-order valence-corrected chi connectivity index (χ0v) is 14.4. The van der Waals surface area contributed by atoms with Crippen LogP contribution in [-0.2, 0) is 6.42 Å². The molecule has 1 aromatic rings. The molecule has 118 valence electrons. The van der Waals surface area contributed by atoms with Crippen LogP contribution in [0.15, 0.2) is 24.3 Å². The Bertz CT molecular complexity index is 406. The first-order valence-electron chi connectivity index (χ1n) is 8.92. The highest BCUT2D eigenvalue weighted by Crippen LogP contribution is 2.32. The Morgan fingerprint density at radius 2 is 1.86 bits per heavy atom. The summed E-state index contributed by atoms with van der Waals surface area (Å²) in [6, 6.07) is 9.96. The van der Waals surface area contributed by atoms with E-state index in [0.29, 0.717) is 12.0 Å². The zero-order valence-electron chi connectivity index (χ0n) is 14.4. The van der Waals surface area contributed by atoms with E-state index in [2.05, 4.69) is 57.3 Å². The smallest absolute Gasteiger partial charge is 0.0136 e. The van der Waals surface area contributed by atoms with Crippen molar-refractivity contribution in [1.82, 2.24) is 5.32 Å². The van der Waals surface area contributed by atoms with Gasteiger partial charge in [0.05, 0.1) is 0 Å². The van der Waals surface area contributed by atoms with Crippen LogP contribution in [0.1, 0.15) is 70.4 Å². The van der Waals surface area contributed by atoms with Gasteiger partial charge in [0.25, 0.3) is 0 Å². The molecule has 1 fully saturated rings. The molecule has 1 saturated carbocycles. The summed E-state index contributed by atoms with van der Waals surface area (Å²) in [7, 11) is 0. The Labute approximate surface area is 131 Å². The molecule has 3 unspecified atom stereocenters. The maximum absolute atomic E-state index is 3.76. The summed E-state index contributed by atoms with van der Waals surface area (Å²) < 4.78 is 0. The van der Waals surface area contributed by atoms with Crippen molar-refractivity contribution >= 4 is 0 Å². The summed E-state index contributed by atoms with van der Waals surface area (Å²) in [6.45, 7) is 10.3. The van der Waals surface area contributed by atoms with E-state index >= 15 is 0 Å². The van der Waals surface area contributed by atoms with Crippen LogP contribution >= 0.6 is 0 Å². The number of hydrogen-bond donors (Lipinski definition) is 1. The molecular formula is C20H33N. The van der Waals surface area contributed by atoms with E-state index in [1.54, 1.807) is 0 Å². The third kappa shape index (κ3) is 4.85. The van der Waals surface area contributed by atoms with Crippen LogP contribution < -0.4 is 5.32 Å². The summed E-state index contributed by atoms with van der Waals surface area (Å²) >= 11 is 0. The van der Waals surface area contributed by atoms with Gasteiger partial charge in [-0.2, -0.15) is 0 Å². The lowest BCUT2D eigenvalue weighted by Crippen LogP contribution is -2.40. The number of hydrogen-bond acceptors (Lipinski definition) is 1. The molecule has 1 heteroatoms. The van der Waals surface area contributed by atoms with Crippen LogP contribution in [0.2, 0.25) is 0 Å². The molecular weight excluding hydrogens is 254 g/mol. The zero-order chi connectivity index (χ0) is 15.2. The third-order valence-electron chi connectivity index (χ3n) is 5.11. The van der Waals surface area contributed by atoms with Crippen molar-refractivity contribution in [3.05, 3.63) is 35.4 Å². The number of rotatable bonds is 6. The van der Waals surface area contributed by atoms with Crippen molar-refractivity contribution < 1.29 is 0 Å². The monoisotopic (exact) mass is 287 g/mol. The first-order valence-corrected chi connectivity index (χ1v) is 8.92. The molecule has 0 saturated heterocycles. The minimum atomic E-state index is 0.628. The van der Waals surface area contributed by atoms with E-state index in [9.17, 15) is 0 Å². The summed E-state index contributed by atoms with van der Waals surface area (Å²) in [5.41, 5.74) is 2.94. The molecule has 0 heterocycles. The maximum Gasteiger partial charge on any atom is 0.0136 e. The van der Waals surface area contributed by atoms with E-state index in [-0.39, 0.29) is 0 Å². The second-order valence-electron chi connectivity index (χ2n) is 7.30. The van der Waals surface area contributed by atoms with Crippen molar-refractivity contribution in [2.45, 2.75) is 71.8 Å². The molecule has 0 radical (unpaired) electrons. The summed E-state index contributed by atoms with van der Waals surface area (Å²) in [5.74, 6) is 2.40. The van der Waals surface area contributed by atoms with Crippen LogP contribution in [0.25, 0.3) is 0 Å². The molecule has 0 amide bonds. The molecule has 0 spiro atoms. The standard InChI is InChI=1S/C20H33N/c1-5-21-20(19-8-6-7-16(4)13-19)14-17-9-11-18(12-10-17)15(2)3/h9-12,15-16,19-21H,5-8,13-14H2,1-4H3. The van der Waals surface area contributed by atoms with Gasteiger partial charge in [0, 0.05) is 6.04 Å². The fraction of sp³-hybridized carbons (Fsp3) is 0.700. The fourth-order valence-corrected chi connectivity index (χ4v) is 3.81. The van der Waals surface area contributed by atoms with Crippen molar-refractivity contribution in [3.8, 4) is 0 Å². The first kappa shape index (κ1) is 16.5. The molecule has 1 N–H and O–H groups in total. The van der Waals surface area contributed by atoms with Crippen molar-refractivity contribution in [1.29, 1.82) is 0 Å². The first-order chi connectivity index (χ1) is 10.1. The van der Waals surface area contributed by atoms with Gasteiger partial charge >= 0.3 is 0 Å². The van der Waals surface area contributed by atoms with Gasteiger partial charge in [0.1, 0.15) is 0 Å². The summed E-state index contributed by atoms with van der Waals surface area (Å²) in [6.07, 6.45) is 6.84. The predicted octanol–water partition coefficient (Wildman–Crippen LogP) is 5.16. The minimum Gasteiger partial charge on any atom is -0.314 e. The molecule has 1 nitrogen and oxygen atoms in total. The van der Waals surface area contributed by atoms with Gasteiger partial charge in [0.2, 0.25) is 0 Å². The lowest BCUT2D eigenvalue weighted by molar-refractivity contribution is 0.222. The number of benzene rings is 1. The minimum absolute atomic E-state index is 0.628. The number of nitrogens with one attached hydrogen (secondary N) is 1. The Morgan fingerprint density at radius 1 is 1.14 bits per heavy atom. The van der Waals surface area contributed by atoms with Gasteiger partial charge in [-0.25, -0.2) is 0 Å². The highest BCUT2D eigenvalue weighted by molar-refractivity contribution is 5.25. The van der Waals surface area contributed by atoms with Gasteiger partial charge in [-0.3, -0.25) is 0 Å². The molecule has 1 aromatic carbocycles. The Balaban J connectivity index is 2.01. The van der Waals surface area contributed by atoms with Crippen LogP contribution in [0.4, 0.5) is 0 Å². The van der Waals surface area contributed by atoms with Gasteiger partial charge in [0.15, 0.2) is 0 Å². The highest BCUT2D eigenvalue weighted by atomic mass is 14.9. The summed E-state index contributed by atoms with van der Waals surface area (Å²) in [5, 5.41) is 3.76. The van der Waals surface area contributed by atoms with Crippen molar-refractivity contribution in [2.75, 3.05) is 6.54 Å². The SMILES string of the molecule is CCNC(Cc1ccc(C(C)C)cc1)C1CCCC(C)C1.